The number of nitrogens with one attached hydrogen (secondary N) is 1. The molecule has 0 aliphatic carbocycles. The van der Waals surface area contributed by atoms with Crippen LogP contribution in [0.1, 0.15) is 47.2 Å². The average molecular weight is 469 g/mol. The van der Waals surface area contributed by atoms with E-state index in [1.165, 1.54) is 11.1 Å². The first-order valence-corrected chi connectivity index (χ1v) is 12.0. The van der Waals surface area contributed by atoms with E-state index in [0.717, 1.165) is 34.9 Å². The lowest BCUT2D eigenvalue weighted by atomic mass is 9.96. The van der Waals surface area contributed by atoms with Gasteiger partial charge in [-0.3, -0.25) is 4.98 Å². The van der Waals surface area contributed by atoms with Gasteiger partial charge in [0.1, 0.15) is 5.75 Å². The van der Waals surface area contributed by atoms with E-state index in [1.807, 2.05) is 30.5 Å². The van der Waals surface area contributed by atoms with Crippen molar-refractivity contribution in [2.24, 2.45) is 0 Å². The van der Waals surface area contributed by atoms with Crippen molar-refractivity contribution in [2.75, 3.05) is 4.90 Å². The Labute approximate surface area is 205 Å². The molecule has 34 heavy (non-hydrogen) atoms. The normalized spacial score (nSPS) is 17.7. The summed E-state index contributed by atoms with van der Waals surface area (Å²) < 4.78 is 2.23. The van der Waals surface area contributed by atoms with Gasteiger partial charge in [0.25, 0.3) is 0 Å². The van der Waals surface area contributed by atoms with Crippen LogP contribution in [0.4, 0.5) is 5.69 Å². The average Bonchev–Trinajstić information content (AvgIpc) is 3.35. The minimum Gasteiger partial charge on any atom is -0.508 e. The molecule has 3 heterocycles. The molecule has 1 aliphatic heterocycles. The minimum absolute atomic E-state index is 0.0630. The summed E-state index contributed by atoms with van der Waals surface area (Å²) in [5.41, 5.74) is 7.77. The minimum atomic E-state index is -0.0895. The van der Waals surface area contributed by atoms with Gasteiger partial charge in [0.2, 0.25) is 0 Å². The van der Waals surface area contributed by atoms with Gasteiger partial charge in [0.05, 0.1) is 17.8 Å². The van der Waals surface area contributed by atoms with Crippen molar-refractivity contribution >= 4 is 23.0 Å². The van der Waals surface area contributed by atoms with Crippen LogP contribution < -0.4 is 10.2 Å². The third-order valence-corrected chi connectivity index (χ3v) is 6.93. The molecule has 0 saturated carbocycles. The number of phenols is 1. The van der Waals surface area contributed by atoms with E-state index in [0.29, 0.717) is 5.11 Å². The van der Waals surface area contributed by atoms with Crippen LogP contribution in [-0.2, 0) is 6.42 Å². The Hall–Kier alpha value is -3.64. The molecular formula is C28H28N4OS. The van der Waals surface area contributed by atoms with E-state index in [9.17, 15) is 5.11 Å². The smallest absolute Gasteiger partial charge is 0.174 e. The van der Waals surface area contributed by atoms with Gasteiger partial charge in [0, 0.05) is 29.0 Å². The lowest BCUT2D eigenvalue weighted by Gasteiger charge is -2.28. The van der Waals surface area contributed by atoms with Crippen LogP contribution in [0, 0.1) is 13.8 Å². The first kappa shape index (κ1) is 22.2. The van der Waals surface area contributed by atoms with Crippen LogP contribution in [-0.4, -0.2) is 19.8 Å². The van der Waals surface area contributed by atoms with Gasteiger partial charge in [-0.25, -0.2) is 0 Å². The van der Waals surface area contributed by atoms with Crippen LogP contribution in [0.5, 0.6) is 5.75 Å². The van der Waals surface area contributed by atoms with Crippen LogP contribution >= 0.6 is 12.2 Å². The second-order valence-corrected chi connectivity index (χ2v) is 9.08. The van der Waals surface area contributed by atoms with E-state index in [4.69, 9.17) is 12.2 Å². The number of phenolic OH excluding ortho intramolecular Hbond substituents is 1. The Bertz CT molecular complexity index is 1310. The Morgan fingerprint density at radius 1 is 0.971 bits per heavy atom. The van der Waals surface area contributed by atoms with Gasteiger partial charge in [-0.05, 0) is 98.2 Å². The fourth-order valence-electron chi connectivity index (χ4n) is 4.93. The largest absolute Gasteiger partial charge is 0.508 e. The van der Waals surface area contributed by atoms with Crippen molar-refractivity contribution in [3.63, 3.8) is 0 Å². The van der Waals surface area contributed by atoms with Crippen LogP contribution in [0.25, 0.3) is 5.69 Å². The second kappa shape index (κ2) is 8.95. The summed E-state index contributed by atoms with van der Waals surface area (Å²) in [4.78, 5) is 6.89. The van der Waals surface area contributed by atoms with E-state index < -0.39 is 0 Å². The molecule has 2 N–H and O–H groups in total. The number of hydrogen-bond donors (Lipinski definition) is 2. The number of pyridine rings is 1. The number of aromatic hydroxyl groups is 1. The first-order valence-electron chi connectivity index (χ1n) is 11.6. The zero-order valence-electron chi connectivity index (χ0n) is 19.6. The fraction of sp³-hybridized carbons (Fsp3) is 0.214. The van der Waals surface area contributed by atoms with Gasteiger partial charge >= 0.3 is 0 Å². The summed E-state index contributed by atoms with van der Waals surface area (Å²) in [6.45, 7) is 6.42. The molecule has 2 aromatic carbocycles. The summed E-state index contributed by atoms with van der Waals surface area (Å²) >= 11 is 5.88. The molecule has 1 fully saturated rings. The van der Waals surface area contributed by atoms with Crippen LogP contribution in [0.3, 0.4) is 0 Å². The summed E-state index contributed by atoms with van der Waals surface area (Å²) in [5.74, 6) is 0.258. The van der Waals surface area contributed by atoms with Gasteiger partial charge < -0.3 is 19.9 Å². The number of anilines is 1. The third kappa shape index (κ3) is 3.84. The zero-order chi connectivity index (χ0) is 23.8. The lowest BCUT2D eigenvalue weighted by molar-refractivity contribution is 0.475. The number of rotatable bonds is 5. The topological polar surface area (TPSA) is 53.3 Å². The van der Waals surface area contributed by atoms with E-state index in [2.05, 4.69) is 76.9 Å². The van der Waals surface area contributed by atoms with Crippen molar-refractivity contribution in [1.82, 2.24) is 14.9 Å². The molecule has 5 nitrogen and oxygen atoms in total. The highest BCUT2D eigenvalue weighted by molar-refractivity contribution is 7.80. The number of hydrogen-bond acceptors (Lipinski definition) is 3. The third-order valence-electron chi connectivity index (χ3n) is 6.62. The first-order chi connectivity index (χ1) is 16.5. The van der Waals surface area contributed by atoms with Crippen LogP contribution in [0.2, 0.25) is 0 Å². The Morgan fingerprint density at radius 2 is 1.68 bits per heavy atom. The molecule has 1 saturated heterocycles. The molecule has 0 radical (unpaired) electrons. The number of aromatic nitrogens is 2. The maximum Gasteiger partial charge on any atom is 0.174 e. The molecule has 0 spiro atoms. The van der Waals surface area contributed by atoms with E-state index in [1.54, 1.807) is 12.1 Å². The van der Waals surface area contributed by atoms with Crippen molar-refractivity contribution in [3.8, 4) is 11.4 Å². The van der Waals surface area contributed by atoms with E-state index in [-0.39, 0.29) is 17.8 Å². The molecule has 5 rings (SSSR count). The fourth-order valence-corrected chi connectivity index (χ4v) is 5.27. The highest BCUT2D eigenvalue weighted by atomic mass is 32.1. The molecular weight excluding hydrogens is 440 g/mol. The summed E-state index contributed by atoms with van der Waals surface area (Å²) in [6, 6.07) is 24.1. The van der Waals surface area contributed by atoms with Crippen molar-refractivity contribution < 1.29 is 5.11 Å². The number of aryl methyl sites for hydroxylation is 2. The Morgan fingerprint density at radius 3 is 2.32 bits per heavy atom. The van der Waals surface area contributed by atoms with Crippen LogP contribution in [0.15, 0.2) is 79.0 Å². The molecule has 172 valence electrons. The summed E-state index contributed by atoms with van der Waals surface area (Å²) in [6.07, 6.45) is 2.83. The standard InChI is InChI=1S/C28H28N4OS/c1-4-20-8-10-22(11-9-20)32-27(26(30-28(32)34)25-7-5-6-16-29-25)24-17-18(2)31(19(24)3)21-12-14-23(33)15-13-21/h5-17,26-27,33H,4H2,1-3H3,(H,30,34)/t26-,27-/m1/s1. The monoisotopic (exact) mass is 468 g/mol. The summed E-state index contributed by atoms with van der Waals surface area (Å²) in [7, 11) is 0. The number of benzene rings is 2. The Kier molecular flexibility index (Phi) is 5.84. The molecule has 6 heteroatoms. The molecule has 2 aromatic heterocycles. The van der Waals surface area contributed by atoms with Crippen molar-refractivity contribution in [1.29, 1.82) is 0 Å². The number of nitrogens with zero attached hydrogens (tertiary/aromatic N) is 3. The zero-order valence-corrected chi connectivity index (χ0v) is 20.4. The number of thiocarbonyl (C=S) groups is 1. The lowest BCUT2D eigenvalue weighted by Crippen LogP contribution is -2.29. The quantitative estimate of drug-likeness (QED) is 0.355. The highest BCUT2D eigenvalue weighted by Crippen LogP contribution is 2.43. The predicted octanol–water partition coefficient (Wildman–Crippen LogP) is 5.93. The van der Waals surface area contributed by atoms with Crippen molar-refractivity contribution in [2.45, 2.75) is 39.3 Å². The summed E-state index contributed by atoms with van der Waals surface area (Å²) in [5, 5.41) is 14.0. The molecule has 1 aliphatic rings. The molecule has 0 bridgehead atoms. The maximum atomic E-state index is 9.76. The van der Waals surface area contributed by atoms with E-state index >= 15 is 0 Å². The Balaban J connectivity index is 1.66. The van der Waals surface area contributed by atoms with Gasteiger partial charge in [-0.15, -0.1) is 0 Å². The second-order valence-electron chi connectivity index (χ2n) is 8.69. The van der Waals surface area contributed by atoms with Gasteiger partial charge in [0.15, 0.2) is 5.11 Å². The maximum absolute atomic E-state index is 9.76. The molecule has 0 amide bonds. The predicted molar refractivity (Wildman–Crippen MR) is 141 cm³/mol. The highest BCUT2D eigenvalue weighted by Gasteiger charge is 2.42. The molecule has 4 aromatic rings. The van der Waals surface area contributed by atoms with Gasteiger partial charge in [-0.2, -0.15) is 0 Å². The SMILES string of the molecule is CCc1ccc(N2C(=S)N[C@H](c3ccccn3)[C@H]2c2cc(C)n(-c3ccc(O)cc3)c2C)cc1. The molecule has 2 atom stereocenters. The van der Waals surface area contributed by atoms with Gasteiger partial charge in [-0.1, -0.05) is 25.1 Å². The molecule has 0 unspecified atom stereocenters. The van der Waals surface area contributed by atoms with Crippen molar-refractivity contribution in [3.05, 3.63) is 107 Å².